The number of para-hydroxylation sites is 1. The first-order valence-electron chi connectivity index (χ1n) is 8.33. The largest absolute Gasteiger partial charge is 0.347 e. The maximum Gasteiger partial charge on any atom is 0.246 e. The van der Waals surface area contributed by atoms with Crippen LogP contribution in [0.3, 0.4) is 0 Å². The van der Waals surface area contributed by atoms with Crippen LogP contribution in [0.15, 0.2) is 24.3 Å². The fourth-order valence-corrected chi connectivity index (χ4v) is 3.69. The van der Waals surface area contributed by atoms with Gasteiger partial charge in [-0.2, -0.15) is 0 Å². The summed E-state index contributed by atoms with van der Waals surface area (Å²) < 4.78 is 0. The molecule has 1 aromatic rings. The van der Waals surface area contributed by atoms with Gasteiger partial charge in [0.15, 0.2) is 0 Å². The first kappa shape index (κ1) is 15.1. The number of hydrogen-bond acceptors (Lipinski definition) is 2. The Kier molecular flexibility index (Phi) is 4.46. The third kappa shape index (κ3) is 3.01. The molecular weight excluding hydrogens is 276 g/mol. The van der Waals surface area contributed by atoms with Gasteiger partial charge in [-0.25, -0.2) is 0 Å². The molecule has 1 aliphatic heterocycles. The van der Waals surface area contributed by atoms with Gasteiger partial charge in [0.25, 0.3) is 0 Å². The molecule has 1 N–H and O–H groups in total. The second kappa shape index (κ2) is 6.51. The van der Waals surface area contributed by atoms with E-state index in [2.05, 4.69) is 11.4 Å². The SMILES string of the molecule is CC(C(=O)NCC(=O)N1CCc2ccccc21)C1CCCC1. The summed E-state index contributed by atoms with van der Waals surface area (Å²) >= 11 is 0. The Morgan fingerprint density at radius 3 is 2.77 bits per heavy atom. The molecule has 1 heterocycles. The molecule has 1 fully saturated rings. The van der Waals surface area contributed by atoms with Crippen LogP contribution in [0.5, 0.6) is 0 Å². The van der Waals surface area contributed by atoms with Crippen molar-refractivity contribution in [3.05, 3.63) is 29.8 Å². The molecule has 0 radical (unpaired) electrons. The van der Waals surface area contributed by atoms with Gasteiger partial charge < -0.3 is 10.2 Å². The van der Waals surface area contributed by atoms with Crippen molar-refractivity contribution in [2.45, 2.75) is 39.0 Å². The molecule has 2 aliphatic rings. The summed E-state index contributed by atoms with van der Waals surface area (Å²) in [6, 6.07) is 7.98. The van der Waals surface area contributed by atoms with E-state index in [1.54, 1.807) is 4.90 Å². The number of benzene rings is 1. The maximum atomic E-state index is 12.4. The van der Waals surface area contributed by atoms with Crippen LogP contribution in [-0.2, 0) is 16.0 Å². The van der Waals surface area contributed by atoms with E-state index in [9.17, 15) is 9.59 Å². The molecule has 118 valence electrons. The molecule has 2 amide bonds. The lowest BCUT2D eigenvalue weighted by Gasteiger charge is -2.20. The third-order valence-corrected chi connectivity index (χ3v) is 5.12. The minimum atomic E-state index is -0.0167. The lowest BCUT2D eigenvalue weighted by Crippen LogP contribution is -2.42. The van der Waals surface area contributed by atoms with Gasteiger partial charge in [-0.3, -0.25) is 9.59 Å². The number of hydrogen-bond donors (Lipinski definition) is 1. The molecule has 1 atom stereocenters. The zero-order valence-electron chi connectivity index (χ0n) is 13.2. The number of carbonyl (C=O) groups excluding carboxylic acids is 2. The Morgan fingerprint density at radius 2 is 2.00 bits per heavy atom. The first-order chi connectivity index (χ1) is 10.7. The van der Waals surface area contributed by atoms with Crippen LogP contribution in [0.4, 0.5) is 5.69 Å². The first-order valence-corrected chi connectivity index (χ1v) is 8.33. The molecule has 1 saturated carbocycles. The monoisotopic (exact) mass is 300 g/mol. The van der Waals surface area contributed by atoms with E-state index in [0.717, 1.165) is 24.9 Å². The molecule has 0 spiro atoms. The third-order valence-electron chi connectivity index (χ3n) is 5.12. The lowest BCUT2D eigenvalue weighted by molar-refractivity contribution is -0.128. The van der Waals surface area contributed by atoms with Crippen molar-refractivity contribution in [1.82, 2.24) is 5.32 Å². The predicted molar refractivity (Wildman–Crippen MR) is 86.6 cm³/mol. The van der Waals surface area contributed by atoms with E-state index >= 15 is 0 Å². The summed E-state index contributed by atoms with van der Waals surface area (Å²) in [7, 11) is 0. The Balaban J connectivity index is 1.53. The van der Waals surface area contributed by atoms with Crippen LogP contribution in [0, 0.1) is 11.8 Å². The average Bonchev–Trinajstić information content (AvgIpc) is 3.20. The molecule has 4 heteroatoms. The van der Waals surface area contributed by atoms with Gasteiger partial charge in [-0.1, -0.05) is 38.0 Å². The van der Waals surface area contributed by atoms with Crippen LogP contribution in [0.25, 0.3) is 0 Å². The van der Waals surface area contributed by atoms with Gasteiger partial charge in [0.1, 0.15) is 0 Å². The summed E-state index contributed by atoms with van der Waals surface area (Å²) in [6.45, 7) is 2.80. The highest BCUT2D eigenvalue weighted by Gasteiger charge is 2.28. The number of anilines is 1. The zero-order valence-corrected chi connectivity index (χ0v) is 13.2. The van der Waals surface area contributed by atoms with E-state index < -0.39 is 0 Å². The topological polar surface area (TPSA) is 49.4 Å². The van der Waals surface area contributed by atoms with Gasteiger partial charge in [-0.05, 0) is 36.8 Å². The second-order valence-electron chi connectivity index (χ2n) is 6.48. The maximum absolute atomic E-state index is 12.4. The van der Waals surface area contributed by atoms with Crippen LogP contribution in [0.2, 0.25) is 0 Å². The molecule has 0 aromatic heterocycles. The van der Waals surface area contributed by atoms with E-state index in [4.69, 9.17) is 0 Å². The Hall–Kier alpha value is -1.84. The molecule has 3 rings (SSSR count). The highest BCUT2D eigenvalue weighted by atomic mass is 16.2. The van der Waals surface area contributed by atoms with Gasteiger partial charge in [0, 0.05) is 18.2 Å². The number of fused-ring (bicyclic) bond motifs is 1. The van der Waals surface area contributed by atoms with Crippen LogP contribution < -0.4 is 10.2 Å². The standard InChI is InChI=1S/C18H24N2O2/c1-13(14-6-2-3-7-14)18(22)19-12-17(21)20-11-10-15-8-4-5-9-16(15)20/h4-5,8-9,13-14H,2-3,6-7,10-12H2,1H3,(H,19,22). The number of amides is 2. The average molecular weight is 300 g/mol. The summed E-state index contributed by atoms with van der Waals surface area (Å²) in [5.41, 5.74) is 2.20. The predicted octanol–water partition coefficient (Wildman–Crippen LogP) is 2.52. The summed E-state index contributed by atoms with van der Waals surface area (Å²) in [4.78, 5) is 26.4. The van der Waals surface area contributed by atoms with Crippen molar-refractivity contribution in [1.29, 1.82) is 0 Å². The van der Waals surface area contributed by atoms with Gasteiger partial charge >= 0.3 is 0 Å². The summed E-state index contributed by atoms with van der Waals surface area (Å²) in [5, 5.41) is 2.84. The smallest absolute Gasteiger partial charge is 0.246 e. The van der Waals surface area contributed by atoms with Crippen molar-refractivity contribution < 1.29 is 9.59 Å². The fraction of sp³-hybridized carbons (Fsp3) is 0.556. The van der Waals surface area contributed by atoms with Gasteiger partial charge in [0.05, 0.1) is 6.54 Å². The quantitative estimate of drug-likeness (QED) is 0.929. The number of nitrogens with zero attached hydrogens (tertiary/aromatic N) is 1. The molecule has 0 bridgehead atoms. The van der Waals surface area contributed by atoms with Crippen LogP contribution in [-0.4, -0.2) is 24.9 Å². The van der Waals surface area contributed by atoms with Gasteiger partial charge in [-0.15, -0.1) is 0 Å². The summed E-state index contributed by atoms with van der Waals surface area (Å²) in [6.07, 6.45) is 5.63. The highest BCUT2D eigenvalue weighted by molar-refractivity contribution is 5.98. The van der Waals surface area contributed by atoms with Crippen LogP contribution in [0.1, 0.15) is 38.2 Å². The Morgan fingerprint density at radius 1 is 1.27 bits per heavy atom. The Labute approximate surface area is 131 Å². The molecule has 22 heavy (non-hydrogen) atoms. The van der Waals surface area contributed by atoms with Crippen molar-refractivity contribution in [2.75, 3.05) is 18.0 Å². The fourth-order valence-electron chi connectivity index (χ4n) is 3.69. The number of rotatable bonds is 4. The minimum Gasteiger partial charge on any atom is -0.347 e. The second-order valence-corrected chi connectivity index (χ2v) is 6.48. The summed E-state index contributed by atoms with van der Waals surface area (Å²) in [5.74, 6) is 0.508. The van der Waals surface area contributed by atoms with Crippen molar-refractivity contribution in [3.8, 4) is 0 Å². The molecule has 1 unspecified atom stereocenters. The lowest BCUT2D eigenvalue weighted by atomic mass is 9.92. The van der Waals surface area contributed by atoms with Crippen molar-refractivity contribution in [2.24, 2.45) is 11.8 Å². The molecule has 1 aliphatic carbocycles. The van der Waals surface area contributed by atoms with Gasteiger partial charge in [0.2, 0.25) is 11.8 Å². The normalized spacial score (nSPS) is 19.0. The molecule has 1 aromatic carbocycles. The Bertz CT molecular complexity index is 564. The van der Waals surface area contributed by atoms with Crippen molar-refractivity contribution in [3.63, 3.8) is 0 Å². The highest BCUT2D eigenvalue weighted by Crippen LogP contribution is 2.31. The number of carbonyl (C=O) groups is 2. The molecular formula is C18H24N2O2. The van der Waals surface area contributed by atoms with E-state index in [1.165, 1.54) is 18.4 Å². The van der Waals surface area contributed by atoms with E-state index in [0.29, 0.717) is 12.5 Å². The minimum absolute atomic E-state index is 0.0150. The van der Waals surface area contributed by atoms with Crippen LogP contribution >= 0.6 is 0 Å². The van der Waals surface area contributed by atoms with E-state index in [-0.39, 0.29) is 24.3 Å². The molecule has 4 nitrogen and oxygen atoms in total. The zero-order chi connectivity index (χ0) is 15.5. The van der Waals surface area contributed by atoms with E-state index in [1.807, 2.05) is 25.1 Å². The molecule has 0 saturated heterocycles. The number of nitrogens with one attached hydrogen (secondary N) is 1. The van der Waals surface area contributed by atoms with Crippen molar-refractivity contribution >= 4 is 17.5 Å².